The Kier molecular flexibility index (Phi) is 5.63. The fourth-order valence-corrected chi connectivity index (χ4v) is 3.21. The molecule has 0 saturated heterocycles. The van der Waals surface area contributed by atoms with Crippen molar-refractivity contribution in [3.63, 3.8) is 0 Å². The van der Waals surface area contributed by atoms with Gasteiger partial charge >= 0.3 is 6.03 Å². The number of carbonyl (C=O) groups is 1. The van der Waals surface area contributed by atoms with Gasteiger partial charge in [0.1, 0.15) is 0 Å². The zero-order chi connectivity index (χ0) is 18.5. The smallest absolute Gasteiger partial charge is 0.312 e. The van der Waals surface area contributed by atoms with Gasteiger partial charge in [0.05, 0.1) is 0 Å². The summed E-state index contributed by atoms with van der Waals surface area (Å²) in [5.74, 6) is 1.66. The number of rotatable bonds is 7. The Bertz CT molecular complexity index is 777. The van der Waals surface area contributed by atoms with Gasteiger partial charge in [-0.05, 0) is 49.7 Å². The Morgan fingerprint density at radius 3 is 2.50 bits per heavy atom. The first-order valence-corrected chi connectivity index (χ1v) is 8.68. The molecule has 0 saturated carbocycles. The van der Waals surface area contributed by atoms with Crippen LogP contribution in [0.15, 0.2) is 42.5 Å². The maximum absolute atomic E-state index is 11.0. The lowest BCUT2D eigenvalue weighted by atomic mass is 9.94. The normalized spacial score (nSPS) is 13.7. The molecule has 0 spiro atoms. The summed E-state index contributed by atoms with van der Waals surface area (Å²) in [7, 11) is 4.16. The number of para-hydroxylation sites is 1. The highest BCUT2D eigenvalue weighted by molar-refractivity contribution is 5.71. The molecule has 2 aromatic carbocycles. The summed E-state index contributed by atoms with van der Waals surface area (Å²) in [5, 5.41) is 2.68. The summed E-state index contributed by atoms with van der Waals surface area (Å²) in [6, 6.07) is 13.9. The third-order valence-corrected chi connectivity index (χ3v) is 4.69. The van der Waals surface area contributed by atoms with Gasteiger partial charge in [0.2, 0.25) is 6.79 Å². The second-order valence-electron chi connectivity index (χ2n) is 6.66. The number of amides is 2. The second-order valence-corrected chi connectivity index (χ2v) is 6.66. The Morgan fingerprint density at radius 1 is 1.08 bits per heavy atom. The molecule has 6 nitrogen and oxygen atoms in total. The molecule has 0 bridgehead atoms. The molecule has 1 unspecified atom stereocenters. The summed E-state index contributed by atoms with van der Waals surface area (Å²) in [5.41, 5.74) is 8.63. The summed E-state index contributed by atoms with van der Waals surface area (Å²) in [6.45, 7) is 0.712. The van der Waals surface area contributed by atoms with Crippen molar-refractivity contribution in [2.75, 3.05) is 20.9 Å². The summed E-state index contributed by atoms with van der Waals surface area (Å²) in [4.78, 5) is 13.3. The number of nitrogens with two attached hydrogens (primary N) is 1. The number of carbonyl (C=O) groups excluding carboxylic acids is 1. The lowest BCUT2D eigenvalue weighted by molar-refractivity contribution is 0.172. The van der Waals surface area contributed by atoms with Crippen LogP contribution < -0.4 is 20.5 Å². The van der Waals surface area contributed by atoms with Crippen molar-refractivity contribution in [1.29, 1.82) is 0 Å². The van der Waals surface area contributed by atoms with E-state index >= 15 is 0 Å². The standard InChI is InChI=1S/C20H25N3O3/c1-23(2)17(11-15-8-5-9-18-19(15)26-13-25-18)10-14-6-3-4-7-16(14)12-22-20(21)24/h3-9,17H,10-13H2,1-2H3,(H3,21,22,24). The van der Waals surface area contributed by atoms with E-state index in [0.29, 0.717) is 6.54 Å². The van der Waals surface area contributed by atoms with Gasteiger partial charge in [-0.3, -0.25) is 0 Å². The van der Waals surface area contributed by atoms with E-state index in [1.54, 1.807) is 0 Å². The van der Waals surface area contributed by atoms with Crippen LogP contribution >= 0.6 is 0 Å². The summed E-state index contributed by atoms with van der Waals surface area (Å²) < 4.78 is 11.1. The van der Waals surface area contributed by atoms with Crippen molar-refractivity contribution in [2.45, 2.75) is 25.4 Å². The fraction of sp³-hybridized carbons (Fsp3) is 0.350. The number of hydrogen-bond acceptors (Lipinski definition) is 4. The van der Waals surface area contributed by atoms with Crippen LogP contribution in [0, 0.1) is 0 Å². The molecule has 138 valence electrons. The lowest BCUT2D eigenvalue weighted by Crippen LogP contribution is -2.33. The van der Waals surface area contributed by atoms with Gasteiger partial charge in [0.15, 0.2) is 11.5 Å². The van der Waals surface area contributed by atoms with Crippen LogP contribution in [0.2, 0.25) is 0 Å². The topological polar surface area (TPSA) is 76.8 Å². The number of urea groups is 1. The summed E-state index contributed by atoms with van der Waals surface area (Å²) >= 11 is 0. The molecule has 0 radical (unpaired) electrons. The molecule has 1 aliphatic heterocycles. The van der Waals surface area contributed by atoms with Crippen molar-refractivity contribution in [1.82, 2.24) is 10.2 Å². The molecule has 0 aliphatic carbocycles. The molecule has 1 heterocycles. The highest BCUT2D eigenvalue weighted by Crippen LogP contribution is 2.36. The number of nitrogens with one attached hydrogen (secondary N) is 1. The molecule has 1 atom stereocenters. The van der Waals surface area contributed by atoms with Crippen molar-refractivity contribution >= 4 is 6.03 Å². The highest BCUT2D eigenvalue weighted by atomic mass is 16.7. The van der Waals surface area contributed by atoms with E-state index in [1.165, 1.54) is 5.56 Å². The zero-order valence-electron chi connectivity index (χ0n) is 15.2. The first kappa shape index (κ1) is 18.1. The first-order chi connectivity index (χ1) is 12.5. The summed E-state index contributed by atoms with van der Waals surface area (Å²) in [6.07, 6.45) is 1.70. The van der Waals surface area contributed by atoms with Crippen molar-refractivity contribution < 1.29 is 14.3 Å². The van der Waals surface area contributed by atoms with E-state index in [2.05, 4.69) is 36.4 Å². The van der Waals surface area contributed by atoms with Gasteiger partial charge in [-0.15, -0.1) is 0 Å². The maximum atomic E-state index is 11.0. The molecule has 26 heavy (non-hydrogen) atoms. The lowest BCUT2D eigenvalue weighted by Gasteiger charge is -2.26. The second kappa shape index (κ2) is 8.10. The van der Waals surface area contributed by atoms with Crippen LogP contribution in [0.25, 0.3) is 0 Å². The van der Waals surface area contributed by atoms with E-state index in [4.69, 9.17) is 15.2 Å². The van der Waals surface area contributed by atoms with Crippen LogP contribution in [0.5, 0.6) is 11.5 Å². The largest absolute Gasteiger partial charge is 0.454 e. The van der Waals surface area contributed by atoms with Crippen LogP contribution in [0.1, 0.15) is 16.7 Å². The van der Waals surface area contributed by atoms with Crippen LogP contribution in [-0.2, 0) is 19.4 Å². The average Bonchev–Trinajstić information content (AvgIpc) is 3.10. The van der Waals surface area contributed by atoms with Gasteiger partial charge < -0.3 is 25.4 Å². The highest BCUT2D eigenvalue weighted by Gasteiger charge is 2.22. The maximum Gasteiger partial charge on any atom is 0.312 e. The molecule has 2 amide bonds. The van der Waals surface area contributed by atoms with Gasteiger partial charge in [0.25, 0.3) is 0 Å². The third-order valence-electron chi connectivity index (χ3n) is 4.69. The van der Waals surface area contributed by atoms with Gasteiger partial charge in [-0.1, -0.05) is 36.4 Å². The van der Waals surface area contributed by atoms with E-state index in [1.807, 2.05) is 30.3 Å². The fourth-order valence-electron chi connectivity index (χ4n) is 3.21. The Balaban J connectivity index is 1.78. The number of hydrogen-bond donors (Lipinski definition) is 2. The molecule has 0 fully saturated rings. The minimum atomic E-state index is -0.513. The predicted octanol–water partition coefficient (Wildman–Crippen LogP) is 2.30. The van der Waals surface area contributed by atoms with E-state index in [0.717, 1.165) is 35.5 Å². The van der Waals surface area contributed by atoms with Crippen LogP contribution in [0.4, 0.5) is 4.79 Å². The predicted molar refractivity (Wildman–Crippen MR) is 100 cm³/mol. The van der Waals surface area contributed by atoms with Crippen LogP contribution in [-0.4, -0.2) is 37.9 Å². The SMILES string of the molecule is CN(C)C(Cc1ccccc1CNC(N)=O)Cc1cccc2c1OCO2. The Labute approximate surface area is 153 Å². The molecular weight excluding hydrogens is 330 g/mol. The number of primary amides is 1. The monoisotopic (exact) mass is 355 g/mol. The van der Waals surface area contributed by atoms with Gasteiger partial charge in [-0.25, -0.2) is 4.79 Å². The molecule has 3 rings (SSSR count). The average molecular weight is 355 g/mol. The van der Waals surface area contributed by atoms with Crippen molar-refractivity contribution in [2.24, 2.45) is 5.73 Å². The van der Waals surface area contributed by atoms with Crippen molar-refractivity contribution in [3.8, 4) is 11.5 Å². The quantitative estimate of drug-likeness (QED) is 0.799. The van der Waals surface area contributed by atoms with Crippen LogP contribution in [0.3, 0.4) is 0 Å². The Hall–Kier alpha value is -2.73. The minimum Gasteiger partial charge on any atom is -0.454 e. The molecule has 3 N–H and O–H groups in total. The van der Waals surface area contributed by atoms with Gasteiger partial charge in [0, 0.05) is 12.6 Å². The van der Waals surface area contributed by atoms with Gasteiger partial charge in [-0.2, -0.15) is 0 Å². The first-order valence-electron chi connectivity index (χ1n) is 8.68. The number of fused-ring (bicyclic) bond motifs is 1. The molecule has 1 aliphatic rings. The molecule has 2 aromatic rings. The molecule has 6 heteroatoms. The number of benzene rings is 2. The zero-order valence-corrected chi connectivity index (χ0v) is 15.2. The third kappa shape index (κ3) is 4.26. The number of likely N-dealkylation sites (N-methyl/N-ethyl adjacent to an activating group) is 1. The van der Waals surface area contributed by atoms with E-state index in [9.17, 15) is 4.79 Å². The Morgan fingerprint density at radius 2 is 1.77 bits per heavy atom. The van der Waals surface area contributed by atoms with E-state index in [-0.39, 0.29) is 12.8 Å². The molecular formula is C20H25N3O3. The van der Waals surface area contributed by atoms with Crippen molar-refractivity contribution in [3.05, 3.63) is 59.2 Å². The molecule has 0 aromatic heterocycles. The number of nitrogens with zero attached hydrogens (tertiary/aromatic N) is 1. The van der Waals surface area contributed by atoms with E-state index < -0.39 is 6.03 Å². The minimum absolute atomic E-state index is 0.278. The number of ether oxygens (including phenoxy) is 2.